The van der Waals surface area contributed by atoms with E-state index < -0.39 is 0 Å². The molecule has 4 nitrogen and oxygen atoms in total. The molecule has 0 fully saturated rings. The highest BCUT2D eigenvalue weighted by Gasteiger charge is 2.17. The lowest BCUT2D eigenvalue weighted by Crippen LogP contribution is -2.08. The zero-order chi connectivity index (χ0) is 15.2. The highest BCUT2D eigenvalue weighted by Crippen LogP contribution is 2.31. The molecule has 0 bridgehead atoms. The third kappa shape index (κ3) is 3.45. The number of hydrogen-bond donors (Lipinski definition) is 0. The summed E-state index contributed by atoms with van der Waals surface area (Å²) in [7, 11) is 1.67. The Hall–Kier alpha value is -2.23. The van der Waals surface area contributed by atoms with E-state index in [2.05, 4.69) is 16.9 Å². The molecule has 0 aliphatic rings. The predicted molar refractivity (Wildman–Crippen MR) is 81.6 cm³/mol. The number of benzene rings is 1. The van der Waals surface area contributed by atoms with Gasteiger partial charge in [-0.2, -0.15) is 0 Å². The molecule has 1 heterocycles. The molecule has 0 saturated carbocycles. The second-order valence-electron chi connectivity index (χ2n) is 5.11. The summed E-state index contributed by atoms with van der Waals surface area (Å²) in [6.45, 7) is 4.11. The Balaban J connectivity index is 2.34. The van der Waals surface area contributed by atoms with E-state index in [4.69, 9.17) is 4.74 Å². The van der Waals surface area contributed by atoms with Crippen LogP contribution in [0.2, 0.25) is 0 Å². The average Bonchev–Trinajstić information content (AvgIpc) is 2.51. The summed E-state index contributed by atoms with van der Waals surface area (Å²) in [5.41, 5.74) is 4.36. The van der Waals surface area contributed by atoms with Crippen LogP contribution < -0.4 is 4.74 Å². The zero-order valence-corrected chi connectivity index (χ0v) is 12.7. The Morgan fingerprint density at radius 3 is 2.67 bits per heavy atom. The molecular weight excluding hydrogens is 264 g/mol. The molecule has 21 heavy (non-hydrogen) atoms. The topological polar surface area (TPSA) is 52.1 Å². The quantitative estimate of drug-likeness (QED) is 0.765. The average molecular weight is 284 g/mol. The first-order valence-electron chi connectivity index (χ1n) is 7.00. The van der Waals surface area contributed by atoms with E-state index >= 15 is 0 Å². The van der Waals surface area contributed by atoms with Gasteiger partial charge in [-0.15, -0.1) is 0 Å². The molecular formula is C17H20N2O2. The van der Waals surface area contributed by atoms with Gasteiger partial charge in [-0.3, -0.25) is 9.97 Å². The van der Waals surface area contributed by atoms with Gasteiger partial charge in [0.15, 0.2) is 0 Å². The molecule has 1 atom stereocenters. The van der Waals surface area contributed by atoms with Crippen LogP contribution >= 0.6 is 0 Å². The maximum Gasteiger partial charge on any atom is 0.122 e. The molecule has 2 aromatic rings. The Labute approximate surface area is 125 Å². The minimum Gasteiger partial charge on any atom is -0.496 e. The maximum absolute atomic E-state index is 11.0. The number of ether oxygens (including phenoxy) is 1. The van der Waals surface area contributed by atoms with Crippen LogP contribution in [0.4, 0.5) is 0 Å². The molecule has 2 rings (SSSR count). The van der Waals surface area contributed by atoms with E-state index in [0.717, 1.165) is 23.3 Å². The molecule has 4 heteroatoms. The summed E-state index contributed by atoms with van der Waals surface area (Å²) >= 11 is 0. The highest BCUT2D eigenvalue weighted by atomic mass is 16.5. The van der Waals surface area contributed by atoms with Crippen LogP contribution in [0.1, 0.15) is 34.7 Å². The number of methoxy groups -OCH3 is 1. The summed E-state index contributed by atoms with van der Waals surface area (Å²) in [6, 6.07) is 4.01. The largest absolute Gasteiger partial charge is 0.496 e. The normalized spacial score (nSPS) is 12.0. The lowest BCUT2D eigenvalue weighted by Gasteiger charge is -2.19. The number of hydrogen-bond acceptors (Lipinski definition) is 4. The first kappa shape index (κ1) is 15.2. The van der Waals surface area contributed by atoms with Gasteiger partial charge in [-0.05, 0) is 48.9 Å². The third-order valence-corrected chi connectivity index (χ3v) is 3.89. The van der Waals surface area contributed by atoms with E-state index in [1.54, 1.807) is 25.7 Å². The van der Waals surface area contributed by atoms with Crippen LogP contribution in [0.5, 0.6) is 5.75 Å². The number of aromatic nitrogens is 2. The Bertz CT molecular complexity index is 612. The van der Waals surface area contributed by atoms with Crippen molar-refractivity contribution >= 4 is 6.29 Å². The molecule has 1 aromatic carbocycles. The van der Waals surface area contributed by atoms with E-state index in [1.165, 1.54) is 11.1 Å². The van der Waals surface area contributed by atoms with E-state index in [0.29, 0.717) is 12.8 Å². The monoisotopic (exact) mass is 284 g/mol. The van der Waals surface area contributed by atoms with Crippen molar-refractivity contribution in [3.63, 3.8) is 0 Å². The predicted octanol–water partition coefficient (Wildman–Crippen LogP) is 3.02. The van der Waals surface area contributed by atoms with Gasteiger partial charge >= 0.3 is 0 Å². The van der Waals surface area contributed by atoms with Crippen LogP contribution in [0.15, 0.2) is 30.7 Å². The standard InChI is InChI=1S/C17H20N2O2/c1-12-13(2)17(21-3)5-4-16(12)14(6-9-20)10-15-11-18-7-8-19-15/h4-5,7-9,11,14H,6,10H2,1-3H3. The number of rotatable bonds is 6. The molecule has 110 valence electrons. The minimum atomic E-state index is 0.115. The van der Waals surface area contributed by atoms with Crippen LogP contribution in [-0.2, 0) is 11.2 Å². The van der Waals surface area contributed by atoms with Gasteiger partial charge in [-0.25, -0.2) is 0 Å². The fraction of sp³-hybridized carbons (Fsp3) is 0.353. The van der Waals surface area contributed by atoms with Crippen molar-refractivity contribution in [3.05, 3.63) is 53.1 Å². The second-order valence-corrected chi connectivity index (χ2v) is 5.11. The molecule has 0 saturated heterocycles. The van der Waals surface area contributed by atoms with E-state index in [9.17, 15) is 4.79 Å². The Kier molecular flexibility index (Phi) is 5.04. The first-order chi connectivity index (χ1) is 10.2. The van der Waals surface area contributed by atoms with Crippen molar-refractivity contribution in [2.75, 3.05) is 7.11 Å². The van der Waals surface area contributed by atoms with Crippen LogP contribution in [0.3, 0.4) is 0 Å². The van der Waals surface area contributed by atoms with Crippen molar-refractivity contribution in [1.82, 2.24) is 9.97 Å². The SMILES string of the molecule is COc1ccc(C(CC=O)Cc2cnccn2)c(C)c1C. The van der Waals surface area contributed by atoms with Crippen molar-refractivity contribution in [3.8, 4) is 5.75 Å². The smallest absolute Gasteiger partial charge is 0.122 e. The fourth-order valence-electron chi connectivity index (χ4n) is 2.60. The maximum atomic E-state index is 11.0. The van der Waals surface area contributed by atoms with Crippen LogP contribution in [-0.4, -0.2) is 23.4 Å². The lowest BCUT2D eigenvalue weighted by molar-refractivity contribution is -0.108. The van der Waals surface area contributed by atoms with E-state index in [-0.39, 0.29) is 5.92 Å². The molecule has 0 amide bonds. The zero-order valence-electron chi connectivity index (χ0n) is 12.7. The summed E-state index contributed by atoms with van der Waals surface area (Å²) in [6.07, 6.45) is 7.24. The lowest BCUT2D eigenvalue weighted by atomic mass is 9.87. The highest BCUT2D eigenvalue weighted by molar-refractivity contribution is 5.54. The number of aldehydes is 1. The molecule has 0 spiro atoms. The van der Waals surface area contributed by atoms with Crippen molar-refractivity contribution < 1.29 is 9.53 Å². The van der Waals surface area contributed by atoms with Crippen molar-refractivity contribution in [2.45, 2.75) is 32.6 Å². The third-order valence-electron chi connectivity index (χ3n) is 3.89. The van der Waals surface area contributed by atoms with Gasteiger partial charge < -0.3 is 9.53 Å². The molecule has 0 aliphatic heterocycles. The molecule has 0 N–H and O–H groups in total. The molecule has 0 aliphatic carbocycles. The van der Waals surface area contributed by atoms with Crippen LogP contribution in [0.25, 0.3) is 0 Å². The summed E-state index contributed by atoms with van der Waals surface area (Å²) in [4.78, 5) is 19.4. The summed E-state index contributed by atoms with van der Waals surface area (Å²) in [5.74, 6) is 0.990. The Morgan fingerprint density at radius 2 is 2.05 bits per heavy atom. The Morgan fingerprint density at radius 1 is 1.24 bits per heavy atom. The van der Waals surface area contributed by atoms with Crippen LogP contribution in [0, 0.1) is 13.8 Å². The molecule has 1 unspecified atom stereocenters. The summed E-state index contributed by atoms with van der Waals surface area (Å²) < 4.78 is 5.35. The summed E-state index contributed by atoms with van der Waals surface area (Å²) in [5, 5.41) is 0. The van der Waals surface area contributed by atoms with E-state index in [1.807, 2.05) is 19.1 Å². The van der Waals surface area contributed by atoms with Crippen molar-refractivity contribution in [1.29, 1.82) is 0 Å². The van der Waals surface area contributed by atoms with Gasteiger partial charge in [0.2, 0.25) is 0 Å². The van der Waals surface area contributed by atoms with Gasteiger partial charge in [0, 0.05) is 25.0 Å². The van der Waals surface area contributed by atoms with Crippen molar-refractivity contribution in [2.24, 2.45) is 0 Å². The second kappa shape index (κ2) is 6.97. The fourth-order valence-corrected chi connectivity index (χ4v) is 2.60. The van der Waals surface area contributed by atoms with Gasteiger partial charge in [-0.1, -0.05) is 6.07 Å². The molecule has 1 aromatic heterocycles. The first-order valence-corrected chi connectivity index (χ1v) is 7.00. The number of nitrogens with zero attached hydrogens (tertiary/aromatic N) is 2. The van der Waals surface area contributed by atoms with Gasteiger partial charge in [0.05, 0.1) is 12.8 Å². The molecule has 0 radical (unpaired) electrons. The minimum absolute atomic E-state index is 0.115. The number of carbonyl (C=O) groups is 1. The number of carbonyl (C=O) groups excluding carboxylic acids is 1. The van der Waals surface area contributed by atoms with Gasteiger partial charge in [0.1, 0.15) is 12.0 Å². The van der Waals surface area contributed by atoms with Gasteiger partial charge in [0.25, 0.3) is 0 Å².